The smallest absolute Gasteiger partial charge is 0.303 e. The Morgan fingerprint density at radius 3 is 1.33 bits per heavy atom. The average molecular weight is 326 g/mol. The summed E-state index contributed by atoms with van der Waals surface area (Å²) < 4.78 is 10.9. The van der Waals surface area contributed by atoms with E-state index in [0.29, 0.717) is 12.8 Å². The highest BCUT2D eigenvalue weighted by Gasteiger charge is 2.27. The van der Waals surface area contributed by atoms with Crippen molar-refractivity contribution in [2.45, 2.75) is 38.9 Å². The maximum Gasteiger partial charge on any atom is 0.303 e. The van der Waals surface area contributed by atoms with E-state index in [1.165, 1.54) is 13.8 Å². The minimum Gasteiger partial charge on any atom is -0.458 e. The van der Waals surface area contributed by atoms with Gasteiger partial charge in [0.2, 0.25) is 0 Å². The van der Waals surface area contributed by atoms with Crippen LogP contribution in [0.4, 0.5) is 0 Å². The van der Waals surface area contributed by atoms with E-state index in [0.717, 1.165) is 11.1 Å². The Hall–Kier alpha value is -2.62. The van der Waals surface area contributed by atoms with Crippen LogP contribution in [0.3, 0.4) is 0 Å². The van der Waals surface area contributed by atoms with E-state index in [2.05, 4.69) is 0 Å². The number of rotatable bonds is 7. The lowest BCUT2D eigenvalue weighted by atomic mass is 9.98. The number of esters is 2. The van der Waals surface area contributed by atoms with Gasteiger partial charge in [-0.25, -0.2) is 0 Å². The Balaban J connectivity index is 2.21. The van der Waals surface area contributed by atoms with Crippen molar-refractivity contribution in [2.24, 2.45) is 0 Å². The van der Waals surface area contributed by atoms with Crippen molar-refractivity contribution in [3.63, 3.8) is 0 Å². The van der Waals surface area contributed by atoms with Crippen molar-refractivity contribution in [2.75, 3.05) is 0 Å². The van der Waals surface area contributed by atoms with Gasteiger partial charge in [0, 0.05) is 26.7 Å². The molecule has 0 saturated carbocycles. The van der Waals surface area contributed by atoms with Crippen LogP contribution in [0.5, 0.6) is 0 Å². The molecule has 0 bridgehead atoms. The zero-order valence-corrected chi connectivity index (χ0v) is 14.0. The normalized spacial score (nSPS) is 12.9. The first-order valence-electron chi connectivity index (χ1n) is 7.97. The van der Waals surface area contributed by atoms with Crippen molar-refractivity contribution in [3.8, 4) is 0 Å². The number of carbonyl (C=O) groups is 2. The minimum absolute atomic E-state index is 0.388. The Kier molecular flexibility index (Phi) is 6.55. The molecule has 0 fully saturated rings. The number of benzene rings is 2. The molecule has 2 aromatic rings. The van der Waals surface area contributed by atoms with E-state index in [4.69, 9.17) is 9.47 Å². The van der Waals surface area contributed by atoms with Gasteiger partial charge in [-0.15, -0.1) is 0 Å². The molecule has 0 radical (unpaired) electrons. The lowest BCUT2D eigenvalue weighted by molar-refractivity contribution is -0.165. The van der Waals surface area contributed by atoms with Gasteiger partial charge in [-0.1, -0.05) is 60.7 Å². The maximum atomic E-state index is 11.5. The third-order valence-electron chi connectivity index (χ3n) is 3.61. The first-order valence-corrected chi connectivity index (χ1v) is 7.97. The molecule has 2 atom stereocenters. The molecule has 0 N–H and O–H groups in total. The molecular formula is C20H22O4. The van der Waals surface area contributed by atoms with Crippen LogP contribution in [0, 0.1) is 0 Å². The first kappa shape index (κ1) is 17.7. The molecule has 0 heterocycles. The van der Waals surface area contributed by atoms with Crippen LogP contribution < -0.4 is 0 Å². The van der Waals surface area contributed by atoms with Crippen molar-refractivity contribution < 1.29 is 19.1 Å². The summed E-state index contributed by atoms with van der Waals surface area (Å²) in [7, 11) is 0. The number of hydrogen-bond acceptors (Lipinski definition) is 4. The molecule has 2 rings (SSSR count). The molecule has 0 aliphatic rings. The lowest BCUT2D eigenvalue weighted by Crippen LogP contribution is -2.37. The van der Waals surface area contributed by atoms with E-state index < -0.39 is 12.2 Å². The van der Waals surface area contributed by atoms with Gasteiger partial charge in [-0.3, -0.25) is 9.59 Å². The quantitative estimate of drug-likeness (QED) is 0.732. The van der Waals surface area contributed by atoms with Gasteiger partial charge in [-0.2, -0.15) is 0 Å². The zero-order valence-electron chi connectivity index (χ0n) is 14.0. The molecule has 24 heavy (non-hydrogen) atoms. The predicted molar refractivity (Wildman–Crippen MR) is 91.4 cm³/mol. The van der Waals surface area contributed by atoms with Gasteiger partial charge in [0.1, 0.15) is 12.2 Å². The van der Waals surface area contributed by atoms with Crippen molar-refractivity contribution in [1.82, 2.24) is 0 Å². The Morgan fingerprint density at radius 2 is 1.04 bits per heavy atom. The van der Waals surface area contributed by atoms with E-state index in [1.54, 1.807) is 0 Å². The highest BCUT2D eigenvalue weighted by Crippen LogP contribution is 2.17. The summed E-state index contributed by atoms with van der Waals surface area (Å²) in [5.41, 5.74) is 2.04. The van der Waals surface area contributed by atoms with Crippen LogP contribution in [-0.2, 0) is 31.9 Å². The van der Waals surface area contributed by atoms with Crippen LogP contribution in [0.2, 0.25) is 0 Å². The number of hydrogen-bond donors (Lipinski definition) is 0. The Bertz CT molecular complexity index is 592. The molecule has 2 aromatic carbocycles. The average Bonchev–Trinajstić information content (AvgIpc) is 2.55. The maximum absolute atomic E-state index is 11.5. The molecule has 4 heteroatoms. The van der Waals surface area contributed by atoms with Crippen LogP contribution in [0.25, 0.3) is 0 Å². The molecular weight excluding hydrogens is 304 g/mol. The van der Waals surface area contributed by atoms with Gasteiger partial charge in [0.25, 0.3) is 0 Å². The third kappa shape index (κ3) is 5.88. The van der Waals surface area contributed by atoms with Crippen LogP contribution in [0.1, 0.15) is 25.0 Å². The molecule has 126 valence electrons. The third-order valence-corrected chi connectivity index (χ3v) is 3.61. The lowest BCUT2D eigenvalue weighted by Gasteiger charge is -2.26. The van der Waals surface area contributed by atoms with E-state index in [-0.39, 0.29) is 11.9 Å². The Morgan fingerprint density at radius 1 is 0.708 bits per heavy atom. The molecule has 0 aliphatic carbocycles. The second kappa shape index (κ2) is 8.87. The number of carbonyl (C=O) groups excluding carboxylic acids is 2. The summed E-state index contributed by atoms with van der Waals surface area (Å²) in [6.07, 6.45) is -0.0841. The zero-order chi connectivity index (χ0) is 17.4. The summed E-state index contributed by atoms with van der Waals surface area (Å²) in [6.45, 7) is 2.73. The summed E-state index contributed by atoms with van der Waals surface area (Å²) in [6, 6.07) is 19.4. The van der Waals surface area contributed by atoms with E-state index in [1.807, 2.05) is 60.7 Å². The van der Waals surface area contributed by atoms with E-state index in [9.17, 15) is 9.59 Å². The van der Waals surface area contributed by atoms with Gasteiger partial charge in [0.15, 0.2) is 0 Å². The second-order valence-corrected chi connectivity index (χ2v) is 5.68. The summed E-state index contributed by atoms with van der Waals surface area (Å²) in [5.74, 6) is -0.776. The fourth-order valence-corrected chi connectivity index (χ4v) is 2.62. The molecule has 0 aliphatic heterocycles. The Labute approximate surface area is 142 Å². The molecule has 4 nitrogen and oxygen atoms in total. The fraction of sp³-hybridized carbons (Fsp3) is 0.300. The van der Waals surface area contributed by atoms with Crippen LogP contribution >= 0.6 is 0 Å². The van der Waals surface area contributed by atoms with E-state index >= 15 is 0 Å². The van der Waals surface area contributed by atoms with Crippen molar-refractivity contribution in [3.05, 3.63) is 71.8 Å². The molecule has 0 saturated heterocycles. The number of ether oxygens (including phenoxy) is 2. The SMILES string of the molecule is CC(=O)OC(Cc1ccccc1)C(Cc1ccccc1)OC(C)=O. The molecule has 0 spiro atoms. The standard InChI is InChI=1S/C20H22O4/c1-15(21)23-19(13-17-9-5-3-6-10-17)20(24-16(2)22)14-18-11-7-4-8-12-18/h3-12,19-20H,13-14H2,1-2H3. The topological polar surface area (TPSA) is 52.6 Å². The van der Waals surface area contributed by atoms with Crippen LogP contribution in [0.15, 0.2) is 60.7 Å². The van der Waals surface area contributed by atoms with Gasteiger partial charge in [-0.05, 0) is 11.1 Å². The minimum atomic E-state index is -0.533. The highest BCUT2D eigenvalue weighted by molar-refractivity contribution is 5.67. The second-order valence-electron chi connectivity index (χ2n) is 5.68. The fourth-order valence-electron chi connectivity index (χ4n) is 2.62. The summed E-state index contributed by atoms with van der Waals surface area (Å²) in [5, 5.41) is 0. The van der Waals surface area contributed by atoms with Crippen molar-refractivity contribution >= 4 is 11.9 Å². The van der Waals surface area contributed by atoms with Crippen LogP contribution in [-0.4, -0.2) is 24.1 Å². The summed E-state index contributed by atoms with van der Waals surface area (Å²) in [4.78, 5) is 23.0. The summed E-state index contributed by atoms with van der Waals surface area (Å²) >= 11 is 0. The van der Waals surface area contributed by atoms with Gasteiger partial charge in [0.05, 0.1) is 0 Å². The molecule has 0 amide bonds. The predicted octanol–water partition coefficient (Wildman–Crippen LogP) is 3.34. The molecule has 0 aromatic heterocycles. The highest BCUT2D eigenvalue weighted by atomic mass is 16.6. The van der Waals surface area contributed by atoms with Gasteiger partial charge >= 0.3 is 11.9 Å². The molecule has 2 unspecified atom stereocenters. The van der Waals surface area contributed by atoms with Gasteiger partial charge < -0.3 is 9.47 Å². The monoisotopic (exact) mass is 326 g/mol. The first-order chi connectivity index (χ1) is 11.5. The largest absolute Gasteiger partial charge is 0.458 e. The van der Waals surface area contributed by atoms with Crippen molar-refractivity contribution in [1.29, 1.82) is 0 Å².